The molecule has 0 spiro atoms. The zero-order valence-corrected chi connectivity index (χ0v) is 11.4. The number of aryl methyl sites for hydroxylation is 1. The molecule has 0 bridgehead atoms. The second kappa shape index (κ2) is 3.51. The molecule has 1 heterocycles. The number of anilines is 1. The van der Waals surface area contributed by atoms with E-state index in [0.29, 0.717) is 11.8 Å². The van der Waals surface area contributed by atoms with Crippen LogP contribution in [0.3, 0.4) is 0 Å². The van der Waals surface area contributed by atoms with Crippen LogP contribution in [0.15, 0.2) is 12.1 Å². The minimum Gasteiger partial charge on any atom is -0.379 e. The van der Waals surface area contributed by atoms with E-state index >= 15 is 0 Å². The molecule has 0 radical (unpaired) electrons. The van der Waals surface area contributed by atoms with Crippen molar-refractivity contribution in [2.75, 3.05) is 5.32 Å². The average molecular weight is 229 g/mol. The number of hydrogen-bond donors (Lipinski definition) is 1. The lowest BCUT2D eigenvalue weighted by molar-refractivity contribution is 0.315. The second-order valence-electron chi connectivity index (χ2n) is 6.45. The minimum absolute atomic E-state index is 0.212. The summed E-state index contributed by atoms with van der Waals surface area (Å²) in [6, 6.07) is 4.73. The zero-order chi connectivity index (χ0) is 12.2. The molecule has 2 atom stereocenters. The van der Waals surface area contributed by atoms with Crippen molar-refractivity contribution >= 4 is 5.69 Å². The normalized spacial score (nSPS) is 29.4. The van der Waals surface area contributed by atoms with Gasteiger partial charge >= 0.3 is 0 Å². The van der Waals surface area contributed by atoms with Gasteiger partial charge in [0.25, 0.3) is 0 Å². The molecule has 0 saturated carbocycles. The lowest BCUT2D eigenvalue weighted by Gasteiger charge is -2.44. The van der Waals surface area contributed by atoms with Crippen LogP contribution in [-0.4, -0.2) is 5.54 Å². The largest absolute Gasteiger partial charge is 0.379 e. The van der Waals surface area contributed by atoms with E-state index in [1.807, 2.05) is 0 Å². The van der Waals surface area contributed by atoms with E-state index in [1.165, 1.54) is 30.5 Å². The van der Waals surface area contributed by atoms with Gasteiger partial charge in [-0.05, 0) is 61.6 Å². The van der Waals surface area contributed by atoms with Crippen molar-refractivity contribution in [1.82, 2.24) is 0 Å². The van der Waals surface area contributed by atoms with Crippen molar-refractivity contribution < 1.29 is 0 Å². The fraction of sp³-hybridized carbons (Fsp3) is 0.625. The van der Waals surface area contributed by atoms with Crippen LogP contribution in [0.2, 0.25) is 0 Å². The van der Waals surface area contributed by atoms with E-state index in [0.717, 1.165) is 0 Å². The summed E-state index contributed by atoms with van der Waals surface area (Å²) in [5.74, 6) is 1.33. The minimum atomic E-state index is 0.212. The van der Waals surface area contributed by atoms with Gasteiger partial charge in [-0.2, -0.15) is 0 Å². The third-order valence-corrected chi connectivity index (χ3v) is 5.14. The molecule has 0 aromatic heterocycles. The fourth-order valence-corrected chi connectivity index (χ4v) is 3.54. The van der Waals surface area contributed by atoms with Gasteiger partial charge in [0.05, 0.1) is 0 Å². The highest BCUT2D eigenvalue weighted by Gasteiger charge is 2.38. The van der Waals surface area contributed by atoms with Crippen LogP contribution in [0.4, 0.5) is 5.69 Å². The molecule has 92 valence electrons. The van der Waals surface area contributed by atoms with Crippen LogP contribution in [0.25, 0.3) is 0 Å². The predicted octanol–water partition coefficient (Wildman–Crippen LogP) is 4.12. The van der Waals surface area contributed by atoms with Crippen LogP contribution in [0.5, 0.6) is 0 Å². The summed E-state index contributed by atoms with van der Waals surface area (Å²) in [4.78, 5) is 0. The summed E-state index contributed by atoms with van der Waals surface area (Å²) in [6.07, 6.45) is 3.87. The fourth-order valence-electron chi connectivity index (χ4n) is 3.54. The van der Waals surface area contributed by atoms with Gasteiger partial charge in [-0.1, -0.05) is 26.0 Å². The Balaban J connectivity index is 2.16. The average Bonchev–Trinajstić information content (AvgIpc) is 2.74. The maximum absolute atomic E-state index is 3.82. The van der Waals surface area contributed by atoms with Crippen LogP contribution >= 0.6 is 0 Å². The van der Waals surface area contributed by atoms with Gasteiger partial charge < -0.3 is 5.32 Å². The summed E-state index contributed by atoms with van der Waals surface area (Å²) in [6.45, 7) is 9.43. The van der Waals surface area contributed by atoms with E-state index in [4.69, 9.17) is 0 Å². The summed E-state index contributed by atoms with van der Waals surface area (Å²) in [5, 5.41) is 3.82. The summed E-state index contributed by atoms with van der Waals surface area (Å²) < 4.78 is 0. The molecular formula is C16H23N. The third-order valence-electron chi connectivity index (χ3n) is 5.14. The third kappa shape index (κ3) is 1.51. The molecule has 1 N–H and O–H groups in total. The van der Waals surface area contributed by atoms with Crippen LogP contribution in [-0.2, 0) is 12.8 Å². The lowest BCUT2D eigenvalue weighted by atomic mass is 9.72. The second-order valence-corrected chi connectivity index (χ2v) is 6.45. The number of rotatable bonds is 0. The molecule has 1 aliphatic heterocycles. The molecule has 1 aromatic rings. The summed E-state index contributed by atoms with van der Waals surface area (Å²) >= 11 is 0. The molecule has 1 aliphatic carbocycles. The van der Waals surface area contributed by atoms with Gasteiger partial charge in [-0.3, -0.25) is 0 Å². The van der Waals surface area contributed by atoms with Gasteiger partial charge in [0, 0.05) is 11.2 Å². The van der Waals surface area contributed by atoms with Gasteiger partial charge in [0.15, 0.2) is 0 Å². The molecule has 2 unspecified atom stereocenters. The highest BCUT2D eigenvalue weighted by molar-refractivity contribution is 5.66. The van der Waals surface area contributed by atoms with Gasteiger partial charge in [-0.15, -0.1) is 0 Å². The van der Waals surface area contributed by atoms with Crippen molar-refractivity contribution in [3.05, 3.63) is 28.8 Å². The Hall–Kier alpha value is -0.980. The van der Waals surface area contributed by atoms with Crippen molar-refractivity contribution in [3.63, 3.8) is 0 Å². The molecular weight excluding hydrogens is 206 g/mol. The van der Waals surface area contributed by atoms with E-state index < -0.39 is 0 Å². The van der Waals surface area contributed by atoms with Gasteiger partial charge in [-0.25, -0.2) is 0 Å². The Labute approximate surface area is 105 Å². The number of fused-ring (bicyclic) bond motifs is 3. The Morgan fingerprint density at radius 3 is 2.71 bits per heavy atom. The van der Waals surface area contributed by atoms with Crippen LogP contribution < -0.4 is 5.32 Å². The standard InChI is InChI=1S/C16H23N/c1-10-11(2)16(3,4)17-15-13(10)9-8-12-6-5-7-14(12)15/h8-11,17H,5-7H2,1-4H3. The Morgan fingerprint density at radius 2 is 1.94 bits per heavy atom. The monoisotopic (exact) mass is 229 g/mol. The van der Waals surface area contributed by atoms with E-state index in [1.54, 1.807) is 11.1 Å². The van der Waals surface area contributed by atoms with Crippen molar-refractivity contribution in [3.8, 4) is 0 Å². The lowest BCUT2D eigenvalue weighted by Crippen LogP contribution is -2.44. The number of nitrogens with one attached hydrogen (secondary N) is 1. The first-order valence-electron chi connectivity index (χ1n) is 6.93. The molecule has 3 rings (SSSR count). The van der Waals surface area contributed by atoms with Crippen molar-refractivity contribution in [2.45, 2.75) is 58.4 Å². The quantitative estimate of drug-likeness (QED) is 0.705. The smallest absolute Gasteiger partial charge is 0.0415 e. The molecule has 1 aromatic carbocycles. The Morgan fingerprint density at radius 1 is 1.18 bits per heavy atom. The maximum atomic E-state index is 3.82. The molecule has 0 amide bonds. The van der Waals surface area contributed by atoms with E-state index in [9.17, 15) is 0 Å². The Bertz CT molecular complexity index is 459. The highest BCUT2D eigenvalue weighted by atomic mass is 15.0. The molecule has 0 fully saturated rings. The molecule has 1 nitrogen and oxygen atoms in total. The SMILES string of the molecule is CC1c2ccc3c(c2NC(C)(C)C1C)CCC3. The van der Waals surface area contributed by atoms with E-state index in [-0.39, 0.29) is 5.54 Å². The summed E-state index contributed by atoms with van der Waals surface area (Å²) in [7, 11) is 0. The van der Waals surface area contributed by atoms with Crippen LogP contribution in [0, 0.1) is 5.92 Å². The van der Waals surface area contributed by atoms with Gasteiger partial charge in [0.1, 0.15) is 0 Å². The molecule has 1 heteroatoms. The van der Waals surface area contributed by atoms with E-state index in [2.05, 4.69) is 45.1 Å². The molecule has 2 aliphatic rings. The highest BCUT2D eigenvalue weighted by Crippen LogP contribution is 2.46. The first-order chi connectivity index (χ1) is 8.00. The molecule has 17 heavy (non-hydrogen) atoms. The Kier molecular flexibility index (Phi) is 2.30. The predicted molar refractivity (Wildman–Crippen MR) is 73.7 cm³/mol. The van der Waals surface area contributed by atoms with Crippen molar-refractivity contribution in [2.24, 2.45) is 5.92 Å². The molecule has 0 saturated heterocycles. The maximum Gasteiger partial charge on any atom is 0.0415 e. The number of benzene rings is 1. The first kappa shape index (κ1) is 11.1. The number of hydrogen-bond acceptors (Lipinski definition) is 1. The van der Waals surface area contributed by atoms with Crippen molar-refractivity contribution in [1.29, 1.82) is 0 Å². The van der Waals surface area contributed by atoms with Crippen LogP contribution in [0.1, 0.15) is 56.7 Å². The van der Waals surface area contributed by atoms with Gasteiger partial charge in [0.2, 0.25) is 0 Å². The first-order valence-corrected chi connectivity index (χ1v) is 6.93. The summed E-state index contributed by atoms with van der Waals surface area (Å²) in [5.41, 5.74) is 6.40. The topological polar surface area (TPSA) is 12.0 Å². The zero-order valence-electron chi connectivity index (χ0n) is 11.4.